The zero-order chi connectivity index (χ0) is 13.7. The van der Waals surface area contributed by atoms with Crippen LogP contribution in [0.3, 0.4) is 0 Å². The predicted molar refractivity (Wildman–Crippen MR) is 79.9 cm³/mol. The first-order chi connectivity index (χ1) is 9.19. The molecule has 0 saturated heterocycles. The normalized spacial score (nSPS) is 12.2. The fourth-order valence-electron chi connectivity index (χ4n) is 1.97. The van der Waals surface area contributed by atoms with Gasteiger partial charge in [-0.2, -0.15) is 0 Å². The summed E-state index contributed by atoms with van der Waals surface area (Å²) in [4.78, 5) is 0. The highest BCUT2D eigenvalue weighted by Crippen LogP contribution is 2.20. The number of aryl methyl sites for hydroxylation is 1. The molecule has 0 saturated carbocycles. The first kappa shape index (κ1) is 13.9. The summed E-state index contributed by atoms with van der Waals surface area (Å²) in [6, 6.07) is 16.1. The van der Waals surface area contributed by atoms with Crippen molar-refractivity contribution in [2.45, 2.75) is 13.0 Å². The van der Waals surface area contributed by atoms with E-state index in [1.54, 1.807) is 0 Å². The van der Waals surface area contributed by atoms with Crippen LogP contribution in [0.4, 0.5) is 0 Å². The lowest BCUT2D eigenvalue weighted by molar-refractivity contribution is 0.273. The van der Waals surface area contributed by atoms with Crippen molar-refractivity contribution < 1.29 is 4.74 Å². The standard InChI is InChI=1S/C16H18ClNO/c1-12-5-3-6-13(9-12)16(18-2)11-19-15-8-4-7-14(17)10-15/h3-10,16,18H,11H2,1-2H3. The molecule has 0 aliphatic carbocycles. The van der Waals surface area contributed by atoms with Gasteiger partial charge in [0.25, 0.3) is 0 Å². The maximum atomic E-state index is 5.94. The second kappa shape index (κ2) is 6.60. The molecule has 1 N–H and O–H groups in total. The van der Waals surface area contributed by atoms with Gasteiger partial charge in [-0.15, -0.1) is 0 Å². The summed E-state index contributed by atoms with van der Waals surface area (Å²) >= 11 is 5.94. The van der Waals surface area contributed by atoms with Crippen molar-refractivity contribution in [2.75, 3.05) is 13.7 Å². The molecule has 0 aliphatic rings. The topological polar surface area (TPSA) is 21.3 Å². The molecule has 0 bridgehead atoms. The maximum absolute atomic E-state index is 5.94. The molecule has 100 valence electrons. The molecule has 0 aliphatic heterocycles. The highest BCUT2D eigenvalue weighted by atomic mass is 35.5. The summed E-state index contributed by atoms with van der Waals surface area (Å²) in [5.74, 6) is 0.792. The van der Waals surface area contributed by atoms with Crippen LogP contribution in [0.15, 0.2) is 48.5 Å². The molecule has 0 radical (unpaired) electrons. The van der Waals surface area contributed by atoms with Crippen LogP contribution in [0.5, 0.6) is 5.75 Å². The lowest BCUT2D eigenvalue weighted by Gasteiger charge is -2.18. The number of halogens is 1. The molecule has 0 aromatic heterocycles. The van der Waals surface area contributed by atoms with Crippen LogP contribution < -0.4 is 10.1 Å². The molecule has 2 nitrogen and oxygen atoms in total. The Morgan fingerprint density at radius 2 is 1.95 bits per heavy atom. The van der Waals surface area contributed by atoms with Crippen LogP contribution in [-0.4, -0.2) is 13.7 Å². The Morgan fingerprint density at radius 3 is 2.63 bits per heavy atom. The van der Waals surface area contributed by atoms with E-state index < -0.39 is 0 Å². The maximum Gasteiger partial charge on any atom is 0.120 e. The molecule has 0 spiro atoms. The Bertz CT molecular complexity index is 542. The van der Waals surface area contributed by atoms with Crippen molar-refractivity contribution in [2.24, 2.45) is 0 Å². The Labute approximate surface area is 119 Å². The van der Waals surface area contributed by atoms with Crippen LogP contribution in [0.1, 0.15) is 17.2 Å². The average molecular weight is 276 g/mol. The molecule has 2 aromatic rings. The Hall–Kier alpha value is -1.51. The van der Waals surface area contributed by atoms with Gasteiger partial charge in [-0.25, -0.2) is 0 Å². The molecule has 1 unspecified atom stereocenters. The lowest BCUT2D eigenvalue weighted by Crippen LogP contribution is -2.23. The van der Waals surface area contributed by atoms with Gasteiger partial charge < -0.3 is 10.1 Å². The SMILES string of the molecule is CNC(COc1cccc(Cl)c1)c1cccc(C)c1. The van der Waals surface area contributed by atoms with Crippen LogP contribution >= 0.6 is 11.6 Å². The third-order valence-electron chi connectivity index (χ3n) is 3.01. The van der Waals surface area contributed by atoms with Crippen LogP contribution in [0.2, 0.25) is 5.02 Å². The minimum atomic E-state index is 0.166. The first-order valence-electron chi connectivity index (χ1n) is 6.31. The fourth-order valence-corrected chi connectivity index (χ4v) is 2.15. The van der Waals surface area contributed by atoms with Gasteiger partial charge in [-0.05, 0) is 37.7 Å². The van der Waals surface area contributed by atoms with Gasteiger partial charge in [-0.1, -0.05) is 47.5 Å². The van der Waals surface area contributed by atoms with E-state index in [1.807, 2.05) is 31.3 Å². The molecular formula is C16H18ClNO. The zero-order valence-electron chi connectivity index (χ0n) is 11.2. The molecule has 0 fully saturated rings. The van der Waals surface area contributed by atoms with Gasteiger partial charge in [0.05, 0.1) is 6.04 Å². The number of rotatable bonds is 5. The number of hydrogen-bond acceptors (Lipinski definition) is 2. The number of hydrogen-bond donors (Lipinski definition) is 1. The molecule has 0 amide bonds. The predicted octanol–water partition coefficient (Wildman–Crippen LogP) is 3.99. The third kappa shape index (κ3) is 3.98. The molecule has 3 heteroatoms. The zero-order valence-corrected chi connectivity index (χ0v) is 11.9. The minimum absolute atomic E-state index is 0.166. The van der Waals surface area contributed by atoms with E-state index in [9.17, 15) is 0 Å². The van der Waals surface area contributed by atoms with E-state index in [-0.39, 0.29) is 6.04 Å². The molecular weight excluding hydrogens is 258 g/mol. The Morgan fingerprint density at radius 1 is 1.16 bits per heavy atom. The third-order valence-corrected chi connectivity index (χ3v) is 3.24. The van der Waals surface area contributed by atoms with E-state index in [0.29, 0.717) is 11.6 Å². The van der Waals surface area contributed by atoms with E-state index in [4.69, 9.17) is 16.3 Å². The second-order valence-electron chi connectivity index (χ2n) is 4.52. The lowest BCUT2D eigenvalue weighted by atomic mass is 10.1. The van der Waals surface area contributed by atoms with Gasteiger partial charge in [0, 0.05) is 5.02 Å². The Kier molecular flexibility index (Phi) is 4.83. The first-order valence-corrected chi connectivity index (χ1v) is 6.69. The highest BCUT2D eigenvalue weighted by Gasteiger charge is 2.10. The summed E-state index contributed by atoms with van der Waals surface area (Å²) in [5, 5.41) is 3.96. The summed E-state index contributed by atoms with van der Waals surface area (Å²) < 4.78 is 5.79. The van der Waals surface area contributed by atoms with Crippen molar-refractivity contribution in [3.8, 4) is 5.75 Å². The molecule has 0 heterocycles. The minimum Gasteiger partial charge on any atom is -0.492 e. The van der Waals surface area contributed by atoms with Crippen molar-refractivity contribution in [1.29, 1.82) is 0 Å². The van der Waals surface area contributed by atoms with Gasteiger partial charge in [0.2, 0.25) is 0 Å². The van der Waals surface area contributed by atoms with Crippen molar-refractivity contribution in [1.82, 2.24) is 5.32 Å². The van der Waals surface area contributed by atoms with Crippen molar-refractivity contribution >= 4 is 11.6 Å². The van der Waals surface area contributed by atoms with Gasteiger partial charge >= 0.3 is 0 Å². The number of ether oxygens (including phenoxy) is 1. The van der Waals surface area contributed by atoms with Crippen molar-refractivity contribution in [3.05, 3.63) is 64.7 Å². The van der Waals surface area contributed by atoms with E-state index in [1.165, 1.54) is 11.1 Å². The largest absolute Gasteiger partial charge is 0.492 e. The quantitative estimate of drug-likeness (QED) is 0.891. The summed E-state index contributed by atoms with van der Waals surface area (Å²) in [6.07, 6.45) is 0. The van der Waals surface area contributed by atoms with Gasteiger partial charge in [0.15, 0.2) is 0 Å². The summed E-state index contributed by atoms with van der Waals surface area (Å²) in [5.41, 5.74) is 2.48. The molecule has 2 rings (SSSR count). The monoisotopic (exact) mass is 275 g/mol. The second-order valence-corrected chi connectivity index (χ2v) is 4.96. The summed E-state index contributed by atoms with van der Waals surface area (Å²) in [6.45, 7) is 2.66. The molecule has 2 aromatic carbocycles. The molecule has 19 heavy (non-hydrogen) atoms. The van der Waals surface area contributed by atoms with Crippen LogP contribution in [-0.2, 0) is 0 Å². The van der Waals surface area contributed by atoms with Gasteiger partial charge in [0.1, 0.15) is 12.4 Å². The van der Waals surface area contributed by atoms with Crippen LogP contribution in [0, 0.1) is 6.92 Å². The molecule has 1 atom stereocenters. The number of nitrogens with one attached hydrogen (secondary N) is 1. The van der Waals surface area contributed by atoms with Gasteiger partial charge in [-0.3, -0.25) is 0 Å². The fraction of sp³-hybridized carbons (Fsp3) is 0.250. The highest BCUT2D eigenvalue weighted by molar-refractivity contribution is 6.30. The van der Waals surface area contributed by atoms with E-state index >= 15 is 0 Å². The van der Waals surface area contributed by atoms with E-state index in [2.05, 4.69) is 36.5 Å². The Balaban J connectivity index is 2.04. The smallest absolute Gasteiger partial charge is 0.120 e. The summed E-state index contributed by atoms with van der Waals surface area (Å²) in [7, 11) is 1.94. The van der Waals surface area contributed by atoms with E-state index in [0.717, 1.165) is 5.75 Å². The average Bonchev–Trinajstić information content (AvgIpc) is 2.40. The van der Waals surface area contributed by atoms with Crippen LogP contribution in [0.25, 0.3) is 0 Å². The van der Waals surface area contributed by atoms with Crippen molar-refractivity contribution in [3.63, 3.8) is 0 Å². The number of likely N-dealkylation sites (N-methyl/N-ethyl adjacent to an activating group) is 1. The number of benzene rings is 2.